The van der Waals surface area contributed by atoms with Gasteiger partial charge in [0.25, 0.3) is 5.91 Å². The van der Waals surface area contributed by atoms with Gasteiger partial charge in [0.05, 0.1) is 12.6 Å². The maximum absolute atomic E-state index is 13.0. The standard InChI is InChI=1S/C26H20ClF3N2O2/c1-14-21-11-19-9-16(15(2)32-12-22-20(25(32)33)7-8-31-24(22)27)3-4-17(19)10-18(21)5-6-23(14)34-13-26(28,29)30/h3-11,15H,12-13H2,1-2H3. The average molecular weight is 485 g/mol. The summed E-state index contributed by atoms with van der Waals surface area (Å²) in [6, 6.07) is 14.8. The molecule has 174 valence electrons. The molecule has 0 saturated heterocycles. The van der Waals surface area contributed by atoms with Gasteiger partial charge in [-0.15, -0.1) is 0 Å². The number of benzene rings is 3. The summed E-state index contributed by atoms with van der Waals surface area (Å²) in [5.74, 6) is 0.118. The molecular formula is C26H20ClF3N2O2. The van der Waals surface area contributed by atoms with Gasteiger partial charge in [0.15, 0.2) is 6.61 Å². The number of ether oxygens (including phenoxy) is 1. The zero-order valence-corrected chi connectivity index (χ0v) is 19.2. The highest BCUT2D eigenvalue weighted by Crippen LogP contribution is 2.36. The first-order valence-corrected chi connectivity index (χ1v) is 11.1. The maximum Gasteiger partial charge on any atom is 0.422 e. The first-order valence-electron chi connectivity index (χ1n) is 10.7. The Bertz CT molecular complexity index is 1450. The minimum absolute atomic E-state index is 0.0901. The summed E-state index contributed by atoms with van der Waals surface area (Å²) < 4.78 is 42.9. The fraction of sp³-hybridized carbons (Fsp3) is 0.231. The highest BCUT2D eigenvalue weighted by Gasteiger charge is 2.33. The van der Waals surface area contributed by atoms with Gasteiger partial charge < -0.3 is 9.64 Å². The average Bonchev–Trinajstić information content (AvgIpc) is 3.14. The van der Waals surface area contributed by atoms with E-state index < -0.39 is 12.8 Å². The van der Waals surface area contributed by atoms with Crippen LogP contribution in [0.3, 0.4) is 0 Å². The largest absolute Gasteiger partial charge is 0.484 e. The number of pyridine rings is 1. The Morgan fingerprint density at radius 3 is 2.59 bits per heavy atom. The smallest absolute Gasteiger partial charge is 0.422 e. The Kier molecular flexibility index (Phi) is 5.40. The van der Waals surface area contributed by atoms with Crippen LogP contribution in [0.2, 0.25) is 5.15 Å². The van der Waals surface area contributed by atoms with Crippen molar-refractivity contribution in [2.24, 2.45) is 0 Å². The lowest BCUT2D eigenvalue weighted by Gasteiger charge is -2.25. The van der Waals surface area contributed by atoms with Crippen molar-refractivity contribution >= 4 is 39.1 Å². The van der Waals surface area contributed by atoms with Gasteiger partial charge in [-0.05, 0) is 76.9 Å². The predicted molar refractivity (Wildman–Crippen MR) is 125 cm³/mol. The first-order chi connectivity index (χ1) is 16.1. The number of aryl methyl sites for hydroxylation is 1. The van der Waals surface area contributed by atoms with Crippen molar-refractivity contribution in [3.05, 3.63) is 82.1 Å². The van der Waals surface area contributed by atoms with E-state index in [-0.39, 0.29) is 17.7 Å². The number of amides is 1. The highest BCUT2D eigenvalue weighted by atomic mass is 35.5. The second kappa shape index (κ2) is 8.17. The normalized spacial score (nSPS) is 14.6. The Morgan fingerprint density at radius 2 is 1.85 bits per heavy atom. The molecule has 1 amide bonds. The molecule has 4 nitrogen and oxygen atoms in total. The summed E-state index contributed by atoms with van der Waals surface area (Å²) in [6.45, 7) is 2.77. The van der Waals surface area contributed by atoms with E-state index in [2.05, 4.69) is 4.98 Å². The molecule has 1 unspecified atom stereocenters. The molecule has 8 heteroatoms. The molecule has 0 radical (unpaired) electrons. The molecule has 1 aromatic heterocycles. The third-order valence-electron chi connectivity index (χ3n) is 6.38. The van der Waals surface area contributed by atoms with E-state index in [9.17, 15) is 18.0 Å². The number of aromatic nitrogens is 1. The summed E-state index contributed by atoms with van der Waals surface area (Å²) in [5.41, 5.74) is 2.89. The van der Waals surface area contributed by atoms with Gasteiger partial charge in [-0.25, -0.2) is 4.98 Å². The number of carbonyl (C=O) groups is 1. The summed E-state index contributed by atoms with van der Waals surface area (Å²) in [4.78, 5) is 18.8. The van der Waals surface area contributed by atoms with Crippen molar-refractivity contribution in [2.75, 3.05) is 6.61 Å². The lowest BCUT2D eigenvalue weighted by atomic mass is 9.96. The van der Waals surface area contributed by atoms with Crippen LogP contribution in [0, 0.1) is 6.92 Å². The van der Waals surface area contributed by atoms with Crippen LogP contribution in [0.1, 0.15) is 40.0 Å². The van der Waals surface area contributed by atoms with Crippen molar-refractivity contribution < 1.29 is 22.7 Å². The van der Waals surface area contributed by atoms with Gasteiger partial charge >= 0.3 is 6.18 Å². The fourth-order valence-electron chi connectivity index (χ4n) is 4.50. The van der Waals surface area contributed by atoms with Gasteiger partial charge in [-0.2, -0.15) is 13.2 Å². The number of fused-ring (bicyclic) bond motifs is 3. The van der Waals surface area contributed by atoms with Crippen LogP contribution in [-0.2, 0) is 6.54 Å². The molecule has 0 fully saturated rings. The number of nitrogens with zero attached hydrogens (tertiary/aromatic N) is 2. The first kappa shape index (κ1) is 22.5. The summed E-state index contributed by atoms with van der Waals surface area (Å²) in [7, 11) is 0. The van der Waals surface area contributed by atoms with E-state index in [1.165, 1.54) is 6.20 Å². The van der Waals surface area contributed by atoms with Gasteiger partial charge in [0.1, 0.15) is 10.9 Å². The number of rotatable bonds is 4. The predicted octanol–water partition coefficient (Wildman–Crippen LogP) is 7.01. The molecular weight excluding hydrogens is 465 g/mol. The van der Waals surface area contributed by atoms with E-state index in [1.54, 1.807) is 30.0 Å². The molecule has 2 heterocycles. The Balaban J connectivity index is 1.50. The number of alkyl halides is 3. The maximum atomic E-state index is 13.0. The molecule has 34 heavy (non-hydrogen) atoms. The summed E-state index contributed by atoms with van der Waals surface area (Å²) in [5, 5.41) is 3.99. The van der Waals surface area contributed by atoms with Crippen LogP contribution >= 0.6 is 11.6 Å². The fourth-order valence-corrected chi connectivity index (χ4v) is 4.72. The molecule has 0 spiro atoms. The third-order valence-corrected chi connectivity index (χ3v) is 6.71. The number of carbonyl (C=O) groups excluding carboxylic acids is 1. The van der Waals surface area contributed by atoms with Crippen molar-refractivity contribution in [3.8, 4) is 5.75 Å². The lowest BCUT2D eigenvalue weighted by molar-refractivity contribution is -0.153. The second-order valence-corrected chi connectivity index (χ2v) is 8.87. The lowest BCUT2D eigenvalue weighted by Crippen LogP contribution is -2.27. The Labute approximate surface area is 198 Å². The van der Waals surface area contributed by atoms with Crippen LogP contribution in [0.5, 0.6) is 5.75 Å². The van der Waals surface area contributed by atoms with E-state index in [4.69, 9.17) is 16.3 Å². The molecule has 0 saturated carbocycles. The van der Waals surface area contributed by atoms with Crippen molar-refractivity contribution in [1.82, 2.24) is 9.88 Å². The topological polar surface area (TPSA) is 42.4 Å². The van der Waals surface area contributed by atoms with Crippen LogP contribution in [0.4, 0.5) is 13.2 Å². The van der Waals surface area contributed by atoms with Gasteiger partial charge in [-0.1, -0.05) is 29.8 Å². The number of halogens is 4. The second-order valence-electron chi connectivity index (χ2n) is 8.51. The van der Waals surface area contributed by atoms with Gasteiger partial charge in [-0.3, -0.25) is 4.79 Å². The third kappa shape index (κ3) is 3.94. The zero-order chi connectivity index (χ0) is 24.2. The molecule has 1 aliphatic heterocycles. The Morgan fingerprint density at radius 1 is 1.09 bits per heavy atom. The number of hydrogen-bond donors (Lipinski definition) is 0. The summed E-state index contributed by atoms with van der Waals surface area (Å²) >= 11 is 6.20. The van der Waals surface area contributed by atoms with Crippen LogP contribution in [0.15, 0.2) is 54.7 Å². The van der Waals surface area contributed by atoms with E-state index >= 15 is 0 Å². The van der Waals surface area contributed by atoms with Crippen molar-refractivity contribution in [3.63, 3.8) is 0 Å². The molecule has 1 aliphatic rings. The summed E-state index contributed by atoms with van der Waals surface area (Å²) in [6.07, 6.45) is -2.87. The minimum atomic E-state index is -4.40. The molecule has 1 atom stereocenters. The Hall–Kier alpha value is -3.32. The van der Waals surface area contributed by atoms with Crippen molar-refractivity contribution in [2.45, 2.75) is 32.6 Å². The van der Waals surface area contributed by atoms with E-state index in [0.29, 0.717) is 22.8 Å². The van der Waals surface area contributed by atoms with Crippen molar-refractivity contribution in [1.29, 1.82) is 0 Å². The zero-order valence-electron chi connectivity index (χ0n) is 18.4. The number of hydrogen-bond acceptors (Lipinski definition) is 3. The molecule has 0 N–H and O–H groups in total. The molecule has 0 aliphatic carbocycles. The van der Waals surface area contributed by atoms with Crippen LogP contribution in [-0.4, -0.2) is 28.6 Å². The molecule has 0 bridgehead atoms. The minimum Gasteiger partial charge on any atom is -0.484 e. The van der Waals surface area contributed by atoms with Crippen LogP contribution < -0.4 is 4.74 Å². The SMILES string of the molecule is Cc1c(OCC(F)(F)F)ccc2cc3ccc(C(C)N4Cc5c(ccnc5Cl)C4=O)cc3cc12. The quantitative estimate of drug-likeness (QED) is 0.231. The molecule has 3 aromatic carbocycles. The molecule has 5 rings (SSSR count). The van der Waals surface area contributed by atoms with E-state index in [1.807, 2.05) is 37.3 Å². The monoisotopic (exact) mass is 484 g/mol. The van der Waals surface area contributed by atoms with E-state index in [0.717, 1.165) is 32.7 Å². The van der Waals surface area contributed by atoms with Gasteiger partial charge in [0, 0.05) is 17.3 Å². The van der Waals surface area contributed by atoms with Gasteiger partial charge in [0.2, 0.25) is 0 Å². The highest BCUT2D eigenvalue weighted by molar-refractivity contribution is 6.30. The molecule has 4 aromatic rings. The van der Waals surface area contributed by atoms with Crippen LogP contribution in [0.25, 0.3) is 21.5 Å².